The molecule has 0 saturated carbocycles. The van der Waals surface area contributed by atoms with E-state index in [0.717, 1.165) is 122 Å². The van der Waals surface area contributed by atoms with Crippen LogP contribution in [0.3, 0.4) is 0 Å². The normalized spacial score (nSPS) is 12.7. The van der Waals surface area contributed by atoms with Crippen molar-refractivity contribution in [3.05, 3.63) is 72.9 Å². The van der Waals surface area contributed by atoms with Gasteiger partial charge in [-0.3, -0.25) is 14.4 Å². The fourth-order valence-corrected chi connectivity index (χ4v) is 6.21. The molecule has 0 aliphatic rings. The van der Waals surface area contributed by atoms with Gasteiger partial charge in [0.25, 0.3) is 0 Å². The van der Waals surface area contributed by atoms with Crippen LogP contribution in [0.2, 0.25) is 0 Å². The predicted octanol–water partition coefficient (Wildman–Crippen LogP) is 15.1. The summed E-state index contributed by atoms with van der Waals surface area (Å²) in [6, 6.07) is 0. The lowest BCUT2D eigenvalue weighted by atomic mass is 10.1. The molecular formula is C51H86O6. The van der Waals surface area contributed by atoms with Crippen molar-refractivity contribution in [3.63, 3.8) is 0 Å². The third kappa shape index (κ3) is 43.8. The van der Waals surface area contributed by atoms with Crippen molar-refractivity contribution >= 4 is 17.9 Å². The number of carbonyl (C=O) groups is 3. The van der Waals surface area contributed by atoms with Gasteiger partial charge in [-0.2, -0.15) is 0 Å². The maximum absolute atomic E-state index is 12.7. The SMILES string of the molecule is CC/C=C\C/C=C\CCCCCCCC(=O)OC(COC(=O)CCCC/C=C\C/C=C\CC)COC(=O)CCCCCCC/C=C\C=C/CCCCCCCCC. The van der Waals surface area contributed by atoms with E-state index in [9.17, 15) is 14.4 Å². The molecule has 0 saturated heterocycles. The van der Waals surface area contributed by atoms with Gasteiger partial charge in [-0.05, 0) is 96.3 Å². The summed E-state index contributed by atoms with van der Waals surface area (Å²) < 4.78 is 16.6. The van der Waals surface area contributed by atoms with Crippen LogP contribution in [-0.4, -0.2) is 37.2 Å². The monoisotopic (exact) mass is 795 g/mol. The van der Waals surface area contributed by atoms with Gasteiger partial charge in [-0.1, -0.05) is 171 Å². The fourth-order valence-electron chi connectivity index (χ4n) is 6.21. The van der Waals surface area contributed by atoms with E-state index in [2.05, 4.69) is 93.7 Å². The van der Waals surface area contributed by atoms with Crippen LogP contribution in [0.5, 0.6) is 0 Å². The number of hydrogen-bond acceptors (Lipinski definition) is 6. The lowest BCUT2D eigenvalue weighted by Crippen LogP contribution is -2.30. The highest BCUT2D eigenvalue weighted by molar-refractivity contribution is 5.71. The summed E-state index contributed by atoms with van der Waals surface area (Å²) in [5.74, 6) is -0.973. The molecule has 0 amide bonds. The minimum absolute atomic E-state index is 0.100. The van der Waals surface area contributed by atoms with Gasteiger partial charge >= 0.3 is 17.9 Å². The molecule has 0 radical (unpaired) electrons. The standard InChI is InChI=1S/C51H86O6/c1-4-7-10-13-16-19-21-23-24-25-26-27-28-30-32-35-38-41-44-50(53)56-47-48(46-55-49(52)43-40-37-34-31-18-15-12-9-6-3)57-51(54)45-42-39-36-33-29-22-20-17-14-11-8-5-2/h8-9,11-12,17-18,20,24-27,31,48H,4-7,10,13-16,19,21-23,28-30,32-47H2,1-3H3/b11-8-,12-9-,20-17-,25-24-,27-26-,31-18-. The van der Waals surface area contributed by atoms with Crippen molar-refractivity contribution < 1.29 is 28.6 Å². The topological polar surface area (TPSA) is 78.9 Å². The summed E-state index contributed by atoms with van der Waals surface area (Å²) in [4.78, 5) is 37.7. The molecule has 326 valence electrons. The van der Waals surface area contributed by atoms with E-state index < -0.39 is 6.10 Å². The summed E-state index contributed by atoms with van der Waals surface area (Å²) in [6.45, 7) is 6.32. The van der Waals surface area contributed by atoms with E-state index in [-0.39, 0.29) is 31.1 Å². The van der Waals surface area contributed by atoms with Crippen molar-refractivity contribution in [1.29, 1.82) is 0 Å². The smallest absolute Gasteiger partial charge is 0.306 e. The Kier molecular flexibility index (Phi) is 43.0. The number of carbonyl (C=O) groups excluding carboxylic acids is 3. The van der Waals surface area contributed by atoms with Crippen LogP contribution in [0.15, 0.2) is 72.9 Å². The highest BCUT2D eigenvalue weighted by Gasteiger charge is 2.19. The van der Waals surface area contributed by atoms with Gasteiger partial charge in [0, 0.05) is 19.3 Å². The summed E-state index contributed by atoms with van der Waals surface area (Å²) in [5, 5.41) is 0. The largest absolute Gasteiger partial charge is 0.462 e. The van der Waals surface area contributed by atoms with E-state index >= 15 is 0 Å². The average Bonchev–Trinajstić information content (AvgIpc) is 3.21. The molecule has 0 bridgehead atoms. The van der Waals surface area contributed by atoms with Crippen LogP contribution >= 0.6 is 0 Å². The van der Waals surface area contributed by atoms with Gasteiger partial charge in [0.15, 0.2) is 6.10 Å². The molecule has 0 fully saturated rings. The molecule has 0 rings (SSSR count). The maximum Gasteiger partial charge on any atom is 0.306 e. The number of esters is 3. The minimum Gasteiger partial charge on any atom is -0.462 e. The van der Waals surface area contributed by atoms with Crippen LogP contribution in [0.1, 0.15) is 213 Å². The first-order chi connectivity index (χ1) is 28.0. The first kappa shape index (κ1) is 53.9. The second-order valence-electron chi connectivity index (χ2n) is 15.3. The van der Waals surface area contributed by atoms with E-state index in [1.54, 1.807) is 0 Å². The van der Waals surface area contributed by atoms with Crippen LogP contribution in [0, 0.1) is 0 Å². The Balaban J connectivity index is 4.39. The number of rotatable bonds is 41. The van der Waals surface area contributed by atoms with Crippen molar-refractivity contribution in [3.8, 4) is 0 Å². The molecule has 0 spiro atoms. The first-order valence-corrected chi connectivity index (χ1v) is 23.5. The third-order valence-corrected chi connectivity index (χ3v) is 9.70. The quantitative estimate of drug-likeness (QED) is 0.0202. The zero-order valence-corrected chi connectivity index (χ0v) is 37.1. The van der Waals surface area contributed by atoms with Crippen molar-refractivity contribution in [2.75, 3.05) is 13.2 Å². The average molecular weight is 795 g/mol. The lowest BCUT2D eigenvalue weighted by Gasteiger charge is -2.18. The molecule has 0 aliphatic heterocycles. The maximum atomic E-state index is 12.7. The highest BCUT2D eigenvalue weighted by atomic mass is 16.6. The van der Waals surface area contributed by atoms with E-state index in [0.29, 0.717) is 19.3 Å². The molecule has 6 nitrogen and oxygen atoms in total. The number of allylic oxidation sites excluding steroid dienone is 12. The third-order valence-electron chi connectivity index (χ3n) is 9.70. The van der Waals surface area contributed by atoms with Crippen LogP contribution in [0.4, 0.5) is 0 Å². The lowest BCUT2D eigenvalue weighted by molar-refractivity contribution is -0.167. The molecular weight excluding hydrogens is 709 g/mol. The Morgan fingerprint density at radius 1 is 0.386 bits per heavy atom. The van der Waals surface area contributed by atoms with Crippen LogP contribution < -0.4 is 0 Å². The summed E-state index contributed by atoms with van der Waals surface area (Å²) >= 11 is 0. The molecule has 1 unspecified atom stereocenters. The molecule has 0 aromatic rings. The zero-order valence-electron chi connectivity index (χ0n) is 37.1. The van der Waals surface area contributed by atoms with E-state index in [1.807, 2.05) is 0 Å². The van der Waals surface area contributed by atoms with Gasteiger partial charge < -0.3 is 14.2 Å². The number of hydrogen-bond donors (Lipinski definition) is 0. The highest BCUT2D eigenvalue weighted by Crippen LogP contribution is 2.13. The molecule has 57 heavy (non-hydrogen) atoms. The summed E-state index contributed by atoms with van der Waals surface area (Å²) in [6.07, 6.45) is 56.2. The van der Waals surface area contributed by atoms with E-state index in [4.69, 9.17) is 14.2 Å². The Labute approximate surface area is 351 Å². The molecule has 0 aromatic heterocycles. The van der Waals surface area contributed by atoms with Gasteiger partial charge in [-0.25, -0.2) is 0 Å². The van der Waals surface area contributed by atoms with Crippen LogP contribution in [0.25, 0.3) is 0 Å². The van der Waals surface area contributed by atoms with Gasteiger partial charge in [-0.15, -0.1) is 0 Å². The Morgan fingerprint density at radius 2 is 0.737 bits per heavy atom. The Morgan fingerprint density at radius 3 is 1.19 bits per heavy atom. The Hall–Kier alpha value is -3.15. The second-order valence-corrected chi connectivity index (χ2v) is 15.3. The summed E-state index contributed by atoms with van der Waals surface area (Å²) in [5.41, 5.74) is 0. The van der Waals surface area contributed by atoms with Crippen molar-refractivity contribution in [2.24, 2.45) is 0 Å². The first-order valence-electron chi connectivity index (χ1n) is 23.5. The molecule has 6 heteroatoms. The fraction of sp³-hybridized carbons (Fsp3) is 0.706. The molecule has 0 aromatic carbocycles. The number of ether oxygens (including phenoxy) is 3. The van der Waals surface area contributed by atoms with E-state index in [1.165, 1.54) is 51.4 Å². The van der Waals surface area contributed by atoms with Gasteiger partial charge in [0.1, 0.15) is 13.2 Å². The van der Waals surface area contributed by atoms with Crippen molar-refractivity contribution in [1.82, 2.24) is 0 Å². The molecule has 1 atom stereocenters. The van der Waals surface area contributed by atoms with Gasteiger partial charge in [0.05, 0.1) is 0 Å². The minimum atomic E-state index is -0.799. The zero-order chi connectivity index (χ0) is 41.5. The van der Waals surface area contributed by atoms with Crippen molar-refractivity contribution in [2.45, 2.75) is 219 Å². The second kappa shape index (κ2) is 45.6. The Bertz CT molecular complexity index is 1100. The summed E-state index contributed by atoms with van der Waals surface area (Å²) in [7, 11) is 0. The predicted molar refractivity (Wildman–Crippen MR) is 242 cm³/mol. The molecule has 0 aliphatic carbocycles. The van der Waals surface area contributed by atoms with Crippen LogP contribution in [-0.2, 0) is 28.6 Å². The number of unbranched alkanes of at least 4 members (excludes halogenated alkanes) is 19. The van der Waals surface area contributed by atoms with Gasteiger partial charge in [0.2, 0.25) is 0 Å². The molecule has 0 heterocycles. The molecule has 0 N–H and O–H groups in total.